The number of anilines is 2. The molecule has 0 unspecified atom stereocenters. The van der Waals surface area contributed by atoms with Gasteiger partial charge in [-0.15, -0.1) is 0 Å². The van der Waals surface area contributed by atoms with E-state index in [9.17, 15) is 13.2 Å². The molecule has 6 nitrogen and oxygen atoms in total. The number of rotatable bonds is 6. The Hall–Kier alpha value is -2.32. The molecule has 1 saturated carbocycles. The molecule has 1 aliphatic heterocycles. The molecule has 4 rings (SSSR count). The Morgan fingerprint density at radius 2 is 1.76 bits per heavy atom. The number of nitrogens with zero attached hydrogens (tertiary/aromatic N) is 3. The van der Waals surface area contributed by atoms with E-state index in [2.05, 4.69) is 6.92 Å². The van der Waals surface area contributed by atoms with Crippen LogP contribution in [0.1, 0.15) is 37.3 Å². The van der Waals surface area contributed by atoms with Gasteiger partial charge in [-0.2, -0.15) is 0 Å². The van der Waals surface area contributed by atoms with E-state index in [0.717, 1.165) is 6.42 Å². The standard InChI is InChI=1S/C24H28ClFN3O3S/c1-17-6-11-22(28-14-12-27(13-15-28)18(2)30)24(23(17)26)29(21-4-3-5-21)33(31,32)16-19-7-9-20(25)10-8-19/h6-11,21H,1,3-5,12-16H2,2H3. The Morgan fingerprint density at radius 1 is 1.12 bits per heavy atom. The number of halogens is 2. The minimum absolute atomic E-state index is 0.00389. The van der Waals surface area contributed by atoms with Gasteiger partial charge in [0.2, 0.25) is 15.9 Å². The van der Waals surface area contributed by atoms with Crippen LogP contribution >= 0.6 is 11.6 Å². The molecule has 0 N–H and O–H groups in total. The largest absolute Gasteiger partial charge is 0.366 e. The molecule has 2 aromatic carbocycles. The van der Waals surface area contributed by atoms with Crippen molar-refractivity contribution in [2.24, 2.45) is 0 Å². The van der Waals surface area contributed by atoms with Crippen molar-refractivity contribution in [1.29, 1.82) is 0 Å². The first-order chi connectivity index (χ1) is 15.7. The van der Waals surface area contributed by atoms with Gasteiger partial charge in [-0.1, -0.05) is 29.8 Å². The van der Waals surface area contributed by atoms with Crippen molar-refractivity contribution in [1.82, 2.24) is 4.90 Å². The van der Waals surface area contributed by atoms with Crippen LogP contribution in [0.3, 0.4) is 0 Å². The number of carbonyl (C=O) groups excluding carboxylic acids is 1. The molecular weight excluding hydrogens is 465 g/mol. The van der Waals surface area contributed by atoms with Crippen LogP contribution in [0.4, 0.5) is 15.8 Å². The lowest BCUT2D eigenvalue weighted by Gasteiger charge is -2.42. The van der Waals surface area contributed by atoms with Crippen LogP contribution in [-0.2, 0) is 20.6 Å². The van der Waals surface area contributed by atoms with Gasteiger partial charge in [0.05, 0.1) is 11.4 Å². The summed E-state index contributed by atoms with van der Waals surface area (Å²) in [5.74, 6) is -0.872. The summed E-state index contributed by atoms with van der Waals surface area (Å²) in [6.07, 6.45) is 2.26. The minimum Gasteiger partial charge on any atom is -0.366 e. The van der Waals surface area contributed by atoms with Gasteiger partial charge in [-0.05, 0) is 55.5 Å². The second-order valence-corrected chi connectivity index (χ2v) is 10.9. The summed E-state index contributed by atoms with van der Waals surface area (Å²) in [6.45, 7) is 7.31. The van der Waals surface area contributed by atoms with E-state index in [1.54, 1.807) is 41.3 Å². The molecule has 0 bridgehead atoms. The highest BCUT2D eigenvalue weighted by Crippen LogP contribution is 2.42. The van der Waals surface area contributed by atoms with Gasteiger partial charge in [-0.25, -0.2) is 12.8 Å². The summed E-state index contributed by atoms with van der Waals surface area (Å²) in [7, 11) is -3.89. The Morgan fingerprint density at radius 3 is 2.30 bits per heavy atom. The second kappa shape index (κ2) is 9.50. The van der Waals surface area contributed by atoms with Crippen LogP contribution in [-0.4, -0.2) is 51.4 Å². The molecule has 1 amide bonds. The maximum Gasteiger partial charge on any atom is 0.239 e. The SMILES string of the molecule is [CH2]c1ccc(N2CCN(C(C)=O)CC2)c(N(C2CCC2)S(=O)(=O)Cc2ccc(Cl)cc2)c1F. The number of amides is 1. The van der Waals surface area contributed by atoms with Gasteiger partial charge in [0.1, 0.15) is 5.69 Å². The fraction of sp³-hybridized carbons (Fsp3) is 0.417. The lowest BCUT2D eigenvalue weighted by molar-refractivity contribution is -0.129. The lowest BCUT2D eigenvalue weighted by Crippen LogP contribution is -2.50. The third-order valence-corrected chi connectivity index (χ3v) is 8.46. The summed E-state index contributed by atoms with van der Waals surface area (Å²) >= 11 is 5.95. The lowest BCUT2D eigenvalue weighted by atomic mass is 9.92. The third-order valence-electron chi connectivity index (χ3n) is 6.43. The molecule has 2 aromatic rings. The fourth-order valence-electron chi connectivity index (χ4n) is 4.35. The first-order valence-electron chi connectivity index (χ1n) is 11.1. The van der Waals surface area contributed by atoms with Crippen molar-refractivity contribution < 1.29 is 17.6 Å². The van der Waals surface area contributed by atoms with Gasteiger partial charge >= 0.3 is 0 Å². The first-order valence-corrected chi connectivity index (χ1v) is 13.1. The number of sulfonamides is 1. The van der Waals surface area contributed by atoms with Gasteiger partial charge < -0.3 is 9.80 Å². The number of carbonyl (C=O) groups is 1. The zero-order chi connectivity index (χ0) is 23.8. The van der Waals surface area contributed by atoms with Crippen molar-refractivity contribution in [3.8, 4) is 0 Å². The van der Waals surface area contributed by atoms with E-state index in [1.807, 2.05) is 4.90 Å². The van der Waals surface area contributed by atoms with Crippen molar-refractivity contribution in [2.75, 3.05) is 35.4 Å². The van der Waals surface area contributed by atoms with Crippen LogP contribution in [0, 0.1) is 12.7 Å². The first kappa shape index (κ1) is 23.8. The number of piperazine rings is 1. The summed E-state index contributed by atoms with van der Waals surface area (Å²) in [5.41, 5.74) is 1.33. The van der Waals surface area contributed by atoms with Gasteiger partial charge in [0.15, 0.2) is 5.82 Å². The van der Waals surface area contributed by atoms with E-state index in [0.29, 0.717) is 55.3 Å². The maximum absolute atomic E-state index is 15.6. The number of hydrogen-bond acceptors (Lipinski definition) is 4. The summed E-state index contributed by atoms with van der Waals surface area (Å²) in [6, 6.07) is 9.68. The van der Waals surface area contributed by atoms with E-state index in [4.69, 9.17) is 11.6 Å². The maximum atomic E-state index is 15.6. The molecule has 0 atom stereocenters. The molecule has 33 heavy (non-hydrogen) atoms. The normalized spacial score (nSPS) is 17.1. The van der Waals surface area contributed by atoms with Crippen LogP contribution in [0.25, 0.3) is 0 Å². The predicted molar refractivity (Wildman–Crippen MR) is 130 cm³/mol. The van der Waals surface area contributed by atoms with Crippen molar-refractivity contribution in [2.45, 2.75) is 38.0 Å². The van der Waals surface area contributed by atoms with E-state index >= 15 is 4.39 Å². The summed E-state index contributed by atoms with van der Waals surface area (Å²) in [5, 5.41) is 0.523. The number of hydrogen-bond donors (Lipinski definition) is 0. The molecule has 1 radical (unpaired) electrons. The highest BCUT2D eigenvalue weighted by molar-refractivity contribution is 7.92. The highest BCUT2D eigenvalue weighted by Gasteiger charge is 2.38. The van der Waals surface area contributed by atoms with Crippen LogP contribution in [0.2, 0.25) is 5.02 Å². The Balaban J connectivity index is 1.74. The molecular formula is C24H28ClFN3O3S. The second-order valence-electron chi connectivity index (χ2n) is 8.66. The zero-order valence-electron chi connectivity index (χ0n) is 18.6. The average molecular weight is 493 g/mol. The van der Waals surface area contributed by atoms with E-state index in [-0.39, 0.29) is 29.0 Å². The zero-order valence-corrected chi connectivity index (χ0v) is 20.2. The van der Waals surface area contributed by atoms with Gasteiger partial charge in [0, 0.05) is 44.2 Å². The molecule has 2 fully saturated rings. The highest BCUT2D eigenvalue weighted by atomic mass is 35.5. The molecule has 0 spiro atoms. The molecule has 9 heteroatoms. The molecule has 2 aliphatic rings. The van der Waals surface area contributed by atoms with Crippen molar-refractivity contribution in [3.63, 3.8) is 0 Å². The van der Waals surface area contributed by atoms with E-state index in [1.165, 1.54) is 11.2 Å². The van der Waals surface area contributed by atoms with Crippen molar-refractivity contribution >= 4 is 38.9 Å². The minimum atomic E-state index is -3.89. The smallest absolute Gasteiger partial charge is 0.239 e. The topological polar surface area (TPSA) is 60.9 Å². The van der Waals surface area contributed by atoms with Crippen LogP contribution in [0.15, 0.2) is 36.4 Å². The molecule has 177 valence electrons. The van der Waals surface area contributed by atoms with Crippen molar-refractivity contribution in [3.05, 3.63) is 65.3 Å². The monoisotopic (exact) mass is 492 g/mol. The summed E-state index contributed by atoms with van der Waals surface area (Å²) < 4.78 is 44.3. The van der Waals surface area contributed by atoms with Crippen LogP contribution in [0.5, 0.6) is 0 Å². The predicted octanol–water partition coefficient (Wildman–Crippen LogP) is 4.22. The van der Waals surface area contributed by atoms with Crippen LogP contribution < -0.4 is 9.21 Å². The quantitative estimate of drug-likeness (QED) is 0.605. The fourth-order valence-corrected chi connectivity index (χ4v) is 6.35. The number of benzene rings is 2. The molecule has 0 aromatic heterocycles. The average Bonchev–Trinajstić information content (AvgIpc) is 2.74. The molecule has 1 saturated heterocycles. The van der Waals surface area contributed by atoms with Gasteiger partial charge in [-0.3, -0.25) is 9.10 Å². The Labute approximate surface area is 200 Å². The molecule has 1 aliphatic carbocycles. The summed E-state index contributed by atoms with van der Waals surface area (Å²) in [4.78, 5) is 15.4. The van der Waals surface area contributed by atoms with E-state index < -0.39 is 15.8 Å². The Kier molecular flexibility index (Phi) is 6.86. The van der Waals surface area contributed by atoms with Gasteiger partial charge in [0.25, 0.3) is 0 Å². The Bertz CT molecular complexity index is 1130. The molecule has 1 heterocycles. The third kappa shape index (κ3) is 4.96.